The van der Waals surface area contributed by atoms with Crippen LogP contribution in [0.15, 0.2) is 15.8 Å². The Balaban J connectivity index is 3.17. The zero-order chi connectivity index (χ0) is 12.5. The van der Waals surface area contributed by atoms with Crippen LogP contribution in [0.4, 0.5) is 0 Å². The molecule has 0 fully saturated rings. The number of carbonyl (C=O) groups excluding carboxylic acids is 1. The molecule has 1 heterocycles. The molecule has 0 spiro atoms. The molecule has 1 aromatic heterocycles. The summed E-state index contributed by atoms with van der Waals surface area (Å²) in [6, 6.07) is 0. The zero-order valence-electron chi connectivity index (χ0n) is 9.75. The molecule has 1 amide bonds. The van der Waals surface area contributed by atoms with E-state index in [1.165, 1.54) is 7.05 Å². The summed E-state index contributed by atoms with van der Waals surface area (Å²) in [7, 11) is 1.31. The minimum Gasteiger partial charge on any atom is -0.347 e. The number of amides is 1. The lowest BCUT2D eigenvalue weighted by atomic mass is 10.1. The van der Waals surface area contributed by atoms with Crippen molar-refractivity contribution < 1.29 is 4.79 Å². The molecular weight excluding hydrogens is 210 g/mol. The van der Waals surface area contributed by atoms with Crippen LogP contribution in [0.25, 0.3) is 0 Å². The minimum absolute atomic E-state index is 0.0722. The van der Waals surface area contributed by atoms with Gasteiger partial charge in [0.2, 0.25) is 0 Å². The lowest BCUT2D eigenvalue weighted by Crippen LogP contribution is -2.45. The van der Waals surface area contributed by atoms with E-state index in [0.717, 1.165) is 10.8 Å². The van der Waals surface area contributed by atoms with Crippen molar-refractivity contribution in [2.75, 3.05) is 0 Å². The number of rotatable bonds is 1. The van der Waals surface area contributed by atoms with Gasteiger partial charge in [-0.2, -0.15) is 0 Å². The van der Waals surface area contributed by atoms with Crippen LogP contribution in [0.3, 0.4) is 0 Å². The highest BCUT2D eigenvalue weighted by atomic mass is 16.2. The fraction of sp³-hybridized carbons (Fsp3) is 0.500. The Hall–Kier alpha value is -1.85. The molecule has 0 bridgehead atoms. The van der Waals surface area contributed by atoms with E-state index in [-0.39, 0.29) is 5.56 Å². The van der Waals surface area contributed by atoms with Crippen LogP contribution in [0.5, 0.6) is 0 Å². The van der Waals surface area contributed by atoms with Gasteiger partial charge in [-0.25, -0.2) is 4.79 Å². The second kappa shape index (κ2) is 3.96. The molecular formula is C10H15N3O3. The molecule has 0 saturated carbocycles. The third-order valence-corrected chi connectivity index (χ3v) is 1.91. The SMILES string of the molecule is Cn1c(=O)[nH]cc(C(=O)NC(C)(C)C)c1=O. The van der Waals surface area contributed by atoms with Crippen LogP contribution >= 0.6 is 0 Å². The molecule has 1 aromatic rings. The van der Waals surface area contributed by atoms with Crippen LogP contribution in [-0.4, -0.2) is 21.0 Å². The van der Waals surface area contributed by atoms with Crippen LogP contribution in [0.1, 0.15) is 31.1 Å². The molecule has 0 atom stereocenters. The maximum Gasteiger partial charge on any atom is 0.328 e. The smallest absolute Gasteiger partial charge is 0.328 e. The molecule has 6 nitrogen and oxygen atoms in total. The van der Waals surface area contributed by atoms with Crippen LogP contribution in [-0.2, 0) is 7.05 Å². The van der Waals surface area contributed by atoms with E-state index >= 15 is 0 Å². The molecule has 6 heteroatoms. The number of hydrogen-bond acceptors (Lipinski definition) is 3. The summed E-state index contributed by atoms with van der Waals surface area (Å²) in [4.78, 5) is 36.7. The van der Waals surface area contributed by atoms with E-state index < -0.39 is 22.7 Å². The molecule has 0 unspecified atom stereocenters. The van der Waals surface area contributed by atoms with Gasteiger partial charge in [0.25, 0.3) is 11.5 Å². The van der Waals surface area contributed by atoms with Gasteiger partial charge in [-0.3, -0.25) is 14.2 Å². The van der Waals surface area contributed by atoms with Crippen molar-refractivity contribution in [3.63, 3.8) is 0 Å². The van der Waals surface area contributed by atoms with Crippen molar-refractivity contribution in [2.24, 2.45) is 7.05 Å². The molecule has 1 rings (SSSR count). The summed E-state index contributed by atoms with van der Waals surface area (Å²) in [5, 5.41) is 2.65. The fourth-order valence-electron chi connectivity index (χ4n) is 1.14. The first-order valence-corrected chi connectivity index (χ1v) is 4.83. The van der Waals surface area contributed by atoms with E-state index in [1.54, 1.807) is 20.8 Å². The van der Waals surface area contributed by atoms with Crippen molar-refractivity contribution in [3.8, 4) is 0 Å². The predicted molar refractivity (Wildman–Crippen MR) is 59.5 cm³/mol. The largest absolute Gasteiger partial charge is 0.347 e. The lowest BCUT2D eigenvalue weighted by Gasteiger charge is -2.20. The van der Waals surface area contributed by atoms with Crippen LogP contribution in [0, 0.1) is 0 Å². The van der Waals surface area contributed by atoms with Gasteiger partial charge in [0.15, 0.2) is 0 Å². The normalized spacial score (nSPS) is 11.2. The van der Waals surface area contributed by atoms with Gasteiger partial charge >= 0.3 is 5.69 Å². The van der Waals surface area contributed by atoms with Gasteiger partial charge in [-0.15, -0.1) is 0 Å². The summed E-state index contributed by atoms with van der Waals surface area (Å²) in [6.07, 6.45) is 1.13. The maximum absolute atomic E-state index is 11.7. The van der Waals surface area contributed by atoms with Gasteiger partial charge in [0.05, 0.1) is 0 Å². The highest BCUT2D eigenvalue weighted by Crippen LogP contribution is 2.00. The minimum atomic E-state index is -0.606. The third-order valence-electron chi connectivity index (χ3n) is 1.91. The molecule has 0 aliphatic heterocycles. The van der Waals surface area contributed by atoms with Crippen molar-refractivity contribution in [1.29, 1.82) is 0 Å². The Morgan fingerprint density at radius 1 is 1.38 bits per heavy atom. The Bertz CT molecular complexity index is 519. The Kier molecular flexibility index (Phi) is 3.02. The molecule has 0 aromatic carbocycles. The first-order chi connectivity index (χ1) is 7.22. The van der Waals surface area contributed by atoms with Crippen LogP contribution < -0.4 is 16.6 Å². The molecule has 0 saturated heterocycles. The van der Waals surface area contributed by atoms with E-state index in [1.807, 2.05) is 0 Å². The van der Waals surface area contributed by atoms with E-state index in [2.05, 4.69) is 10.3 Å². The van der Waals surface area contributed by atoms with E-state index in [4.69, 9.17) is 0 Å². The van der Waals surface area contributed by atoms with Gasteiger partial charge in [-0.1, -0.05) is 0 Å². The number of hydrogen-bond donors (Lipinski definition) is 2. The zero-order valence-corrected chi connectivity index (χ0v) is 9.75. The van der Waals surface area contributed by atoms with Crippen molar-refractivity contribution in [1.82, 2.24) is 14.9 Å². The monoisotopic (exact) mass is 225 g/mol. The van der Waals surface area contributed by atoms with Crippen LogP contribution in [0.2, 0.25) is 0 Å². The number of nitrogens with zero attached hydrogens (tertiary/aromatic N) is 1. The standard InChI is InChI=1S/C10H15N3O3/c1-10(2,3)12-7(14)6-5-11-9(16)13(4)8(6)15/h5H,1-4H3,(H,11,16)(H,12,14). The summed E-state index contributed by atoms with van der Waals surface area (Å²) >= 11 is 0. The highest BCUT2D eigenvalue weighted by Gasteiger charge is 2.18. The number of carbonyl (C=O) groups is 1. The Labute approximate surface area is 92.3 Å². The summed E-state index contributed by atoms with van der Waals surface area (Å²) in [6.45, 7) is 5.42. The first-order valence-electron chi connectivity index (χ1n) is 4.83. The highest BCUT2D eigenvalue weighted by molar-refractivity contribution is 5.93. The van der Waals surface area contributed by atoms with Crippen molar-refractivity contribution in [3.05, 3.63) is 32.6 Å². The van der Waals surface area contributed by atoms with Gasteiger partial charge in [0.1, 0.15) is 5.56 Å². The molecule has 0 aliphatic carbocycles. The van der Waals surface area contributed by atoms with Crippen molar-refractivity contribution >= 4 is 5.91 Å². The third kappa shape index (κ3) is 2.59. The molecule has 0 aliphatic rings. The molecule has 2 N–H and O–H groups in total. The number of H-pyrrole nitrogens is 1. The average Bonchev–Trinajstić information content (AvgIpc) is 2.11. The summed E-state index contributed by atoms with van der Waals surface area (Å²) in [5.74, 6) is -0.496. The fourth-order valence-corrected chi connectivity index (χ4v) is 1.14. The van der Waals surface area contributed by atoms with Crippen molar-refractivity contribution in [2.45, 2.75) is 26.3 Å². The molecule has 0 radical (unpaired) electrons. The predicted octanol–water partition coefficient (Wildman–Crippen LogP) is -0.398. The number of aromatic nitrogens is 2. The summed E-state index contributed by atoms with van der Waals surface area (Å²) < 4.78 is 0.859. The maximum atomic E-state index is 11.7. The van der Waals surface area contributed by atoms with E-state index in [9.17, 15) is 14.4 Å². The second-order valence-electron chi connectivity index (χ2n) is 4.58. The molecule has 88 valence electrons. The van der Waals surface area contributed by atoms with E-state index in [0.29, 0.717) is 0 Å². The van der Waals surface area contributed by atoms with Gasteiger partial charge in [-0.05, 0) is 20.8 Å². The quantitative estimate of drug-likeness (QED) is 0.682. The Morgan fingerprint density at radius 3 is 2.44 bits per heavy atom. The first kappa shape index (κ1) is 12.2. The topological polar surface area (TPSA) is 84.0 Å². The Morgan fingerprint density at radius 2 is 1.94 bits per heavy atom. The average molecular weight is 225 g/mol. The van der Waals surface area contributed by atoms with Gasteiger partial charge < -0.3 is 10.3 Å². The molecule has 16 heavy (non-hydrogen) atoms. The van der Waals surface area contributed by atoms with Gasteiger partial charge in [0, 0.05) is 18.8 Å². The number of aromatic amines is 1. The lowest BCUT2D eigenvalue weighted by molar-refractivity contribution is 0.0917. The second-order valence-corrected chi connectivity index (χ2v) is 4.58. The number of nitrogens with one attached hydrogen (secondary N) is 2. The summed E-state index contributed by atoms with van der Waals surface area (Å²) in [5.41, 5.74) is -1.65.